The summed E-state index contributed by atoms with van der Waals surface area (Å²) in [5.41, 5.74) is 5.40. The first-order valence-electron chi connectivity index (χ1n) is 2.46. The molecule has 1 aliphatic rings. The van der Waals surface area contributed by atoms with Gasteiger partial charge in [-0.2, -0.15) is 0 Å². The molecule has 1 radical (unpaired) electrons. The summed E-state index contributed by atoms with van der Waals surface area (Å²) in [7, 11) is 0. The second kappa shape index (κ2) is 5.27. The minimum atomic E-state index is 0. The summed E-state index contributed by atoms with van der Waals surface area (Å²) < 4.78 is 4.99. The summed E-state index contributed by atoms with van der Waals surface area (Å²) in [5, 5.41) is 3.03. The molecule has 1 rings (SSSR count). The molecule has 1 unspecified atom stereocenters. The van der Waals surface area contributed by atoms with E-state index in [2.05, 4.69) is 5.32 Å². The van der Waals surface area contributed by atoms with Crippen LogP contribution in [-0.4, -0.2) is 25.9 Å². The number of nitrogens with one attached hydrogen (secondary N) is 1. The molecule has 0 aromatic heterocycles. The third kappa shape index (κ3) is 3.48. The molecule has 1 fully saturated rings. The van der Waals surface area contributed by atoms with Gasteiger partial charge in [0.05, 0.1) is 19.4 Å². The van der Waals surface area contributed by atoms with Crippen molar-refractivity contribution in [3.8, 4) is 0 Å². The standard InChI is InChI=1S/C4H10N2O.Eu/c5-4-3-7-2-1-6-4;/h4,6H,1-3,5H2;. The minimum Gasteiger partial charge on any atom is -0.377 e. The maximum Gasteiger partial charge on any atom is 0.0788 e. The van der Waals surface area contributed by atoms with Crippen molar-refractivity contribution in [2.75, 3.05) is 19.8 Å². The van der Waals surface area contributed by atoms with Crippen LogP contribution in [-0.2, 0) is 4.74 Å². The van der Waals surface area contributed by atoms with Crippen LogP contribution in [0.5, 0.6) is 0 Å². The van der Waals surface area contributed by atoms with E-state index in [4.69, 9.17) is 10.5 Å². The van der Waals surface area contributed by atoms with Crippen LogP contribution in [0.4, 0.5) is 0 Å². The van der Waals surface area contributed by atoms with Crippen LogP contribution >= 0.6 is 0 Å². The number of hydrogen-bond donors (Lipinski definition) is 2. The normalized spacial score (nSPS) is 28.9. The number of hydrogen-bond acceptors (Lipinski definition) is 3. The molecule has 49 valence electrons. The maximum absolute atomic E-state index is 5.40. The summed E-state index contributed by atoms with van der Waals surface area (Å²) in [4.78, 5) is 0. The molecule has 1 aliphatic heterocycles. The zero-order valence-electron chi connectivity index (χ0n) is 4.56. The van der Waals surface area contributed by atoms with Gasteiger partial charge in [-0.25, -0.2) is 0 Å². The van der Waals surface area contributed by atoms with E-state index in [1.165, 1.54) is 0 Å². The molecule has 0 aliphatic carbocycles. The molecule has 0 aromatic rings. The Morgan fingerprint density at radius 1 is 1.62 bits per heavy atom. The van der Waals surface area contributed by atoms with Crippen LogP contribution in [0, 0.1) is 49.4 Å². The van der Waals surface area contributed by atoms with Gasteiger partial charge in [-0.1, -0.05) is 0 Å². The first-order valence-corrected chi connectivity index (χ1v) is 2.46. The third-order valence-electron chi connectivity index (χ3n) is 0.950. The fraction of sp³-hybridized carbons (Fsp3) is 1.00. The Morgan fingerprint density at radius 2 is 2.38 bits per heavy atom. The van der Waals surface area contributed by atoms with E-state index in [1.54, 1.807) is 0 Å². The molecule has 0 aromatic carbocycles. The van der Waals surface area contributed by atoms with E-state index in [1.807, 2.05) is 0 Å². The number of morpholine rings is 1. The molecule has 1 heterocycles. The van der Waals surface area contributed by atoms with Gasteiger partial charge in [0.25, 0.3) is 0 Å². The van der Waals surface area contributed by atoms with Crippen molar-refractivity contribution < 1.29 is 54.1 Å². The van der Waals surface area contributed by atoms with Gasteiger partial charge < -0.3 is 10.5 Å². The van der Waals surface area contributed by atoms with E-state index in [0.29, 0.717) is 6.61 Å². The topological polar surface area (TPSA) is 47.3 Å². The van der Waals surface area contributed by atoms with E-state index < -0.39 is 0 Å². The monoisotopic (exact) mass is 255 g/mol. The van der Waals surface area contributed by atoms with Crippen molar-refractivity contribution in [1.29, 1.82) is 0 Å². The van der Waals surface area contributed by atoms with Gasteiger partial charge in [-0.15, -0.1) is 0 Å². The molecule has 1 atom stereocenters. The van der Waals surface area contributed by atoms with Gasteiger partial charge in [-0.3, -0.25) is 5.32 Å². The molecule has 3 nitrogen and oxygen atoms in total. The van der Waals surface area contributed by atoms with Crippen LogP contribution in [0.1, 0.15) is 0 Å². The molecular formula is C4H10EuN2O. The van der Waals surface area contributed by atoms with Crippen LogP contribution in [0.2, 0.25) is 0 Å². The summed E-state index contributed by atoms with van der Waals surface area (Å²) in [6, 6.07) is 0. The predicted molar refractivity (Wildman–Crippen MR) is 26.8 cm³/mol. The van der Waals surface area contributed by atoms with Gasteiger partial charge in [-0.05, 0) is 0 Å². The zero-order valence-corrected chi connectivity index (χ0v) is 6.99. The quantitative estimate of drug-likeness (QED) is 0.576. The fourth-order valence-electron chi connectivity index (χ4n) is 0.586. The number of rotatable bonds is 0. The first kappa shape index (κ1) is 9.46. The fourth-order valence-corrected chi connectivity index (χ4v) is 0.586. The first-order chi connectivity index (χ1) is 3.39. The molecule has 1 saturated heterocycles. The van der Waals surface area contributed by atoms with Crippen molar-refractivity contribution in [2.24, 2.45) is 5.73 Å². The Morgan fingerprint density at radius 3 is 2.62 bits per heavy atom. The van der Waals surface area contributed by atoms with Gasteiger partial charge in [0.15, 0.2) is 0 Å². The number of nitrogens with two attached hydrogens (primary N) is 1. The molecule has 0 bridgehead atoms. The van der Waals surface area contributed by atoms with Crippen LogP contribution in [0.25, 0.3) is 0 Å². The van der Waals surface area contributed by atoms with E-state index in [0.717, 1.165) is 13.2 Å². The maximum atomic E-state index is 5.40. The van der Waals surface area contributed by atoms with Crippen LogP contribution in [0.3, 0.4) is 0 Å². The van der Waals surface area contributed by atoms with Gasteiger partial charge in [0.1, 0.15) is 0 Å². The molecule has 0 amide bonds. The summed E-state index contributed by atoms with van der Waals surface area (Å²) in [6.07, 6.45) is 0.0637. The zero-order chi connectivity index (χ0) is 5.11. The Hall–Kier alpha value is 1.46. The van der Waals surface area contributed by atoms with Crippen molar-refractivity contribution in [1.82, 2.24) is 5.32 Å². The molecule has 4 heteroatoms. The van der Waals surface area contributed by atoms with E-state index in [9.17, 15) is 0 Å². The molecule has 0 spiro atoms. The Balaban J connectivity index is 0.000000490. The molecule has 8 heavy (non-hydrogen) atoms. The Kier molecular flexibility index (Phi) is 6.23. The summed E-state index contributed by atoms with van der Waals surface area (Å²) >= 11 is 0. The molecule has 0 saturated carbocycles. The van der Waals surface area contributed by atoms with Crippen molar-refractivity contribution in [2.45, 2.75) is 6.17 Å². The van der Waals surface area contributed by atoms with Crippen molar-refractivity contribution in [3.63, 3.8) is 0 Å². The average Bonchev–Trinajstić information content (AvgIpc) is 1.69. The minimum absolute atomic E-state index is 0. The molecular weight excluding hydrogens is 244 g/mol. The summed E-state index contributed by atoms with van der Waals surface area (Å²) in [6.45, 7) is 2.34. The van der Waals surface area contributed by atoms with E-state index >= 15 is 0 Å². The van der Waals surface area contributed by atoms with Gasteiger partial charge in [0, 0.05) is 55.9 Å². The number of ether oxygens (including phenoxy) is 1. The Bertz CT molecular complexity index is 56.0. The predicted octanol–water partition coefficient (Wildman–Crippen LogP) is -1.11. The van der Waals surface area contributed by atoms with Crippen LogP contribution in [0.15, 0.2) is 0 Å². The van der Waals surface area contributed by atoms with Crippen molar-refractivity contribution in [3.05, 3.63) is 0 Å². The Labute approximate surface area is 89.9 Å². The second-order valence-electron chi connectivity index (χ2n) is 1.64. The van der Waals surface area contributed by atoms with E-state index in [-0.39, 0.29) is 55.5 Å². The second-order valence-corrected chi connectivity index (χ2v) is 1.64. The van der Waals surface area contributed by atoms with Gasteiger partial charge in [0.2, 0.25) is 0 Å². The summed E-state index contributed by atoms with van der Waals surface area (Å²) in [5.74, 6) is 0. The average molecular weight is 254 g/mol. The van der Waals surface area contributed by atoms with Gasteiger partial charge >= 0.3 is 0 Å². The SMILES string of the molecule is NC1COCCN1.[Eu]. The largest absolute Gasteiger partial charge is 0.377 e. The van der Waals surface area contributed by atoms with Crippen molar-refractivity contribution >= 4 is 0 Å². The third-order valence-corrected chi connectivity index (χ3v) is 0.950. The van der Waals surface area contributed by atoms with Crippen LogP contribution < -0.4 is 11.1 Å². The molecule has 3 N–H and O–H groups in total. The smallest absolute Gasteiger partial charge is 0.0788 e.